The van der Waals surface area contributed by atoms with E-state index in [1.54, 1.807) is 12.4 Å². The van der Waals surface area contributed by atoms with Crippen molar-refractivity contribution in [2.75, 3.05) is 23.3 Å². The highest BCUT2D eigenvalue weighted by Gasteiger charge is 2.13. The molecule has 0 spiro atoms. The number of H-pyrrole nitrogens is 1. The van der Waals surface area contributed by atoms with E-state index >= 15 is 0 Å². The van der Waals surface area contributed by atoms with Crippen LogP contribution >= 0.6 is 11.6 Å². The van der Waals surface area contributed by atoms with Crippen molar-refractivity contribution in [1.82, 2.24) is 9.97 Å². The number of aryl methyl sites for hydroxylation is 1. The van der Waals surface area contributed by atoms with E-state index < -0.39 is 5.82 Å². The molecule has 0 saturated heterocycles. The van der Waals surface area contributed by atoms with Crippen LogP contribution in [0.25, 0.3) is 0 Å². The molecule has 0 saturated carbocycles. The molecule has 0 unspecified atom stereocenters. The molecule has 0 aliphatic heterocycles. The molecule has 7 heteroatoms. The van der Waals surface area contributed by atoms with Gasteiger partial charge in [0.15, 0.2) is 5.82 Å². The van der Waals surface area contributed by atoms with E-state index in [2.05, 4.69) is 15.3 Å². The van der Waals surface area contributed by atoms with Crippen LogP contribution in [-0.2, 0) is 6.42 Å². The molecule has 0 fully saturated rings. The molecule has 19 heavy (non-hydrogen) atoms. The average molecular weight is 284 g/mol. The molecule has 102 valence electrons. The van der Waals surface area contributed by atoms with E-state index in [0.717, 1.165) is 18.7 Å². The monoisotopic (exact) mass is 283 g/mol. The van der Waals surface area contributed by atoms with E-state index in [0.29, 0.717) is 6.54 Å². The average Bonchev–Trinajstić information content (AvgIpc) is 2.88. The van der Waals surface area contributed by atoms with Crippen molar-refractivity contribution in [2.45, 2.75) is 12.8 Å². The molecular weight excluding hydrogens is 269 g/mol. The summed E-state index contributed by atoms with van der Waals surface area (Å²) in [6.07, 6.45) is 5.01. The van der Waals surface area contributed by atoms with E-state index in [4.69, 9.17) is 23.1 Å². The second kappa shape index (κ2) is 5.79. The summed E-state index contributed by atoms with van der Waals surface area (Å²) in [5, 5.41) is 2.82. The Morgan fingerprint density at radius 2 is 2.16 bits per heavy atom. The van der Waals surface area contributed by atoms with Gasteiger partial charge in [-0.05, 0) is 12.5 Å². The highest BCUT2D eigenvalue weighted by Crippen LogP contribution is 2.33. The van der Waals surface area contributed by atoms with Gasteiger partial charge in [-0.3, -0.25) is 0 Å². The Bertz CT molecular complexity index is 556. The Morgan fingerprint density at radius 3 is 2.84 bits per heavy atom. The third kappa shape index (κ3) is 3.08. The van der Waals surface area contributed by atoms with Gasteiger partial charge >= 0.3 is 0 Å². The Kier molecular flexibility index (Phi) is 4.11. The number of anilines is 3. The number of hydrogen-bond acceptors (Lipinski definition) is 4. The lowest BCUT2D eigenvalue weighted by atomic mass is 10.2. The minimum absolute atomic E-state index is 0.109. The van der Waals surface area contributed by atoms with Crippen molar-refractivity contribution >= 4 is 28.7 Å². The van der Waals surface area contributed by atoms with E-state index in [9.17, 15) is 4.39 Å². The molecule has 0 aliphatic carbocycles. The van der Waals surface area contributed by atoms with Gasteiger partial charge in [0.05, 0.1) is 17.1 Å². The van der Waals surface area contributed by atoms with Gasteiger partial charge in [0.1, 0.15) is 10.8 Å². The molecule has 1 aromatic heterocycles. The fraction of sp³-hybridized carbons (Fsp3) is 0.250. The van der Waals surface area contributed by atoms with Crippen molar-refractivity contribution in [3.63, 3.8) is 0 Å². The summed E-state index contributed by atoms with van der Waals surface area (Å²) in [7, 11) is 0. The quantitative estimate of drug-likeness (QED) is 0.501. The first kappa shape index (κ1) is 13.5. The number of nitrogens with two attached hydrogens (primary N) is 2. The van der Waals surface area contributed by atoms with Crippen LogP contribution in [0.15, 0.2) is 18.5 Å². The summed E-state index contributed by atoms with van der Waals surface area (Å²) in [6, 6.07) is 1.44. The number of halogens is 2. The largest absolute Gasteiger partial charge is 0.397 e. The summed E-state index contributed by atoms with van der Waals surface area (Å²) in [6.45, 7) is 0.558. The minimum Gasteiger partial charge on any atom is -0.397 e. The number of benzene rings is 1. The third-order valence-electron chi connectivity index (χ3n) is 2.71. The Hall–Kier alpha value is -1.95. The maximum Gasteiger partial charge on any atom is 0.169 e. The van der Waals surface area contributed by atoms with Gasteiger partial charge in [-0.1, -0.05) is 11.6 Å². The molecule has 0 atom stereocenters. The molecule has 0 radical (unpaired) electrons. The van der Waals surface area contributed by atoms with Crippen molar-refractivity contribution in [2.24, 2.45) is 0 Å². The molecular formula is C12H15ClFN5. The van der Waals surface area contributed by atoms with Crippen LogP contribution in [0.4, 0.5) is 21.5 Å². The predicted octanol–water partition coefficient (Wildman–Crippen LogP) is 2.41. The van der Waals surface area contributed by atoms with E-state index in [1.165, 1.54) is 6.07 Å². The summed E-state index contributed by atoms with van der Waals surface area (Å²) in [5.74, 6) is 0.280. The van der Waals surface area contributed by atoms with E-state index in [-0.39, 0.29) is 22.1 Å². The highest BCUT2D eigenvalue weighted by molar-refractivity contribution is 6.33. The van der Waals surface area contributed by atoms with Gasteiger partial charge in [-0.25, -0.2) is 9.37 Å². The second-order valence-electron chi connectivity index (χ2n) is 4.12. The van der Waals surface area contributed by atoms with Gasteiger partial charge in [0.25, 0.3) is 0 Å². The van der Waals surface area contributed by atoms with Crippen LogP contribution in [0.1, 0.15) is 12.2 Å². The third-order valence-corrected chi connectivity index (χ3v) is 3.10. The molecule has 6 N–H and O–H groups in total. The van der Waals surface area contributed by atoms with Crippen LogP contribution in [0.2, 0.25) is 5.02 Å². The molecule has 0 amide bonds. The molecule has 1 aromatic carbocycles. The van der Waals surface area contributed by atoms with Gasteiger partial charge in [-0.15, -0.1) is 0 Å². The van der Waals surface area contributed by atoms with Crippen molar-refractivity contribution < 1.29 is 4.39 Å². The summed E-state index contributed by atoms with van der Waals surface area (Å²) >= 11 is 5.74. The minimum atomic E-state index is -0.614. The molecule has 2 rings (SSSR count). The second-order valence-corrected chi connectivity index (χ2v) is 4.50. The fourth-order valence-electron chi connectivity index (χ4n) is 1.75. The fourth-order valence-corrected chi connectivity index (χ4v) is 1.90. The zero-order valence-corrected chi connectivity index (χ0v) is 11.0. The normalized spacial score (nSPS) is 10.6. The molecule has 0 aliphatic rings. The smallest absolute Gasteiger partial charge is 0.169 e. The summed E-state index contributed by atoms with van der Waals surface area (Å²) < 4.78 is 13.9. The van der Waals surface area contributed by atoms with Gasteiger partial charge in [0.2, 0.25) is 0 Å². The van der Waals surface area contributed by atoms with E-state index in [1.807, 2.05) is 0 Å². The van der Waals surface area contributed by atoms with Crippen molar-refractivity contribution in [3.8, 4) is 0 Å². The Morgan fingerprint density at radius 1 is 1.37 bits per heavy atom. The number of hydrogen-bond donors (Lipinski definition) is 4. The van der Waals surface area contributed by atoms with Crippen molar-refractivity contribution in [3.05, 3.63) is 35.1 Å². The lowest BCUT2D eigenvalue weighted by molar-refractivity contribution is 0.631. The maximum atomic E-state index is 13.9. The number of nitrogen functional groups attached to an aromatic ring is 2. The standard InChI is InChI=1S/C12H15ClFN5/c13-10-7(15)6-8(16)12(11(10)14)19-3-1-2-9-17-4-5-18-9/h4-6,19H,1-3,15-16H2,(H,17,18). The first-order valence-corrected chi connectivity index (χ1v) is 6.22. The lowest BCUT2D eigenvalue weighted by Crippen LogP contribution is -2.09. The summed E-state index contributed by atoms with van der Waals surface area (Å²) in [5.41, 5.74) is 11.8. The van der Waals surface area contributed by atoms with Crippen LogP contribution in [0, 0.1) is 5.82 Å². The topological polar surface area (TPSA) is 92.8 Å². The maximum absolute atomic E-state index is 13.9. The molecule has 5 nitrogen and oxygen atoms in total. The number of aromatic amines is 1. The van der Waals surface area contributed by atoms with Crippen LogP contribution in [0.3, 0.4) is 0 Å². The van der Waals surface area contributed by atoms with Gasteiger partial charge in [-0.2, -0.15) is 0 Å². The van der Waals surface area contributed by atoms with Crippen LogP contribution in [-0.4, -0.2) is 16.5 Å². The number of nitrogens with one attached hydrogen (secondary N) is 2. The first-order chi connectivity index (χ1) is 9.09. The number of aromatic nitrogens is 2. The predicted molar refractivity (Wildman–Crippen MR) is 75.6 cm³/mol. The van der Waals surface area contributed by atoms with Gasteiger partial charge < -0.3 is 21.8 Å². The summed E-state index contributed by atoms with van der Waals surface area (Å²) in [4.78, 5) is 7.10. The molecule has 2 aromatic rings. The molecule has 0 bridgehead atoms. The van der Waals surface area contributed by atoms with Crippen LogP contribution in [0.5, 0.6) is 0 Å². The first-order valence-electron chi connectivity index (χ1n) is 5.84. The zero-order chi connectivity index (χ0) is 13.8. The Labute approximate surface area is 115 Å². The van der Waals surface area contributed by atoms with Crippen LogP contribution < -0.4 is 16.8 Å². The number of rotatable bonds is 5. The molecule has 1 heterocycles. The number of imidazole rings is 1. The SMILES string of the molecule is Nc1cc(N)c(NCCCc2ncc[nH]2)c(F)c1Cl. The lowest BCUT2D eigenvalue weighted by Gasteiger charge is -2.12. The van der Waals surface area contributed by atoms with Crippen molar-refractivity contribution in [1.29, 1.82) is 0 Å². The highest BCUT2D eigenvalue weighted by atomic mass is 35.5. The zero-order valence-electron chi connectivity index (χ0n) is 10.2. The Balaban J connectivity index is 1.94. The number of nitrogens with zero attached hydrogens (tertiary/aromatic N) is 1. The van der Waals surface area contributed by atoms with Gasteiger partial charge in [0, 0.05) is 25.4 Å².